The molecular formula is C23H32N4O. The van der Waals surface area contributed by atoms with Crippen LogP contribution in [0, 0.1) is 13.8 Å². The normalized spacial score (nSPS) is 14.3. The van der Waals surface area contributed by atoms with Crippen LogP contribution in [-0.2, 0) is 0 Å². The number of aromatic nitrogens is 1. The first-order valence-electron chi connectivity index (χ1n) is 10.3. The topological polar surface area (TPSA) is 39.7 Å². The molecule has 2 aromatic rings. The number of pyridine rings is 1. The van der Waals surface area contributed by atoms with Gasteiger partial charge in [0.05, 0.1) is 11.9 Å². The number of benzene rings is 1. The van der Waals surface area contributed by atoms with Crippen molar-refractivity contribution >= 4 is 17.3 Å². The highest BCUT2D eigenvalue weighted by Crippen LogP contribution is 2.25. The average molecular weight is 381 g/mol. The average Bonchev–Trinajstić information content (AvgIpc) is 2.73. The molecule has 28 heavy (non-hydrogen) atoms. The molecule has 2 heterocycles. The molecule has 0 unspecified atom stereocenters. The molecule has 1 amide bonds. The van der Waals surface area contributed by atoms with Crippen LogP contribution >= 0.6 is 0 Å². The van der Waals surface area contributed by atoms with Crippen LogP contribution in [0.15, 0.2) is 36.5 Å². The van der Waals surface area contributed by atoms with E-state index in [0.29, 0.717) is 5.69 Å². The minimum atomic E-state index is -0.000239. The quantitative estimate of drug-likeness (QED) is 0.762. The number of amides is 1. The molecule has 0 atom stereocenters. The summed E-state index contributed by atoms with van der Waals surface area (Å²) in [5, 5.41) is 0. The number of piperazine rings is 1. The predicted molar refractivity (Wildman–Crippen MR) is 116 cm³/mol. The van der Waals surface area contributed by atoms with Gasteiger partial charge in [0.2, 0.25) is 0 Å². The Kier molecular flexibility index (Phi) is 6.55. The van der Waals surface area contributed by atoms with E-state index in [-0.39, 0.29) is 5.91 Å². The minimum absolute atomic E-state index is 0.000239. The summed E-state index contributed by atoms with van der Waals surface area (Å²) >= 11 is 0. The molecule has 1 saturated heterocycles. The van der Waals surface area contributed by atoms with E-state index in [1.165, 1.54) is 16.8 Å². The molecule has 0 radical (unpaired) electrons. The molecule has 1 aromatic carbocycles. The van der Waals surface area contributed by atoms with E-state index >= 15 is 0 Å². The highest BCUT2D eigenvalue weighted by molar-refractivity contribution is 5.92. The van der Waals surface area contributed by atoms with Gasteiger partial charge in [0, 0.05) is 45.5 Å². The molecule has 1 aliphatic rings. The maximum absolute atomic E-state index is 12.4. The summed E-state index contributed by atoms with van der Waals surface area (Å²) in [6.07, 6.45) is 3.94. The second kappa shape index (κ2) is 9.09. The monoisotopic (exact) mass is 380 g/mol. The van der Waals surface area contributed by atoms with Crippen molar-refractivity contribution in [3.63, 3.8) is 0 Å². The lowest BCUT2D eigenvalue weighted by molar-refractivity contribution is 0.0787. The van der Waals surface area contributed by atoms with Crippen LogP contribution in [0.5, 0.6) is 0 Å². The Morgan fingerprint density at radius 3 is 2.43 bits per heavy atom. The fraction of sp³-hybridized carbons (Fsp3) is 0.478. The summed E-state index contributed by atoms with van der Waals surface area (Å²) in [6.45, 7) is 11.2. The Labute approximate surface area is 169 Å². The lowest BCUT2D eigenvalue weighted by Gasteiger charge is -2.38. The lowest BCUT2D eigenvalue weighted by Crippen LogP contribution is -2.46. The number of hydrogen-bond donors (Lipinski definition) is 0. The first kappa shape index (κ1) is 20.2. The molecule has 5 heteroatoms. The van der Waals surface area contributed by atoms with E-state index in [1.807, 2.05) is 25.4 Å². The van der Waals surface area contributed by atoms with Crippen molar-refractivity contribution in [1.82, 2.24) is 9.88 Å². The summed E-state index contributed by atoms with van der Waals surface area (Å²) in [7, 11) is 1.85. The summed E-state index contributed by atoms with van der Waals surface area (Å²) in [4.78, 5) is 23.5. The van der Waals surface area contributed by atoms with E-state index in [9.17, 15) is 4.79 Å². The van der Waals surface area contributed by atoms with Crippen LogP contribution in [0.4, 0.5) is 11.4 Å². The van der Waals surface area contributed by atoms with Crippen LogP contribution in [-0.4, -0.2) is 55.6 Å². The third kappa shape index (κ3) is 4.46. The maximum Gasteiger partial charge on any atom is 0.272 e. The Hall–Kier alpha value is -2.56. The van der Waals surface area contributed by atoms with Gasteiger partial charge >= 0.3 is 0 Å². The number of rotatable bonds is 6. The second-order valence-corrected chi connectivity index (χ2v) is 7.68. The van der Waals surface area contributed by atoms with Crippen molar-refractivity contribution < 1.29 is 4.79 Å². The molecular weight excluding hydrogens is 348 g/mol. The number of anilines is 2. The lowest BCUT2D eigenvalue weighted by atomic mass is 10.1. The summed E-state index contributed by atoms with van der Waals surface area (Å²) in [5.74, 6) is -0.000239. The SMILES string of the molecule is CCCCN(C)C(=O)c1ccc(N2CCN(c3cccc(C)c3C)CC2)cn1. The molecule has 1 fully saturated rings. The fourth-order valence-corrected chi connectivity index (χ4v) is 3.68. The zero-order chi connectivity index (χ0) is 20.1. The molecule has 150 valence electrons. The molecule has 1 aliphatic heterocycles. The number of nitrogens with zero attached hydrogens (tertiary/aromatic N) is 4. The smallest absolute Gasteiger partial charge is 0.272 e. The van der Waals surface area contributed by atoms with Crippen molar-refractivity contribution in [1.29, 1.82) is 0 Å². The van der Waals surface area contributed by atoms with E-state index in [4.69, 9.17) is 0 Å². The van der Waals surface area contributed by atoms with Crippen LogP contribution in [0.2, 0.25) is 0 Å². The molecule has 5 nitrogen and oxygen atoms in total. The first-order valence-corrected chi connectivity index (χ1v) is 10.3. The summed E-state index contributed by atoms with van der Waals surface area (Å²) in [6, 6.07) is 10.4. The Bertz CT molecular complexity index is 795. The zero-order valence-electron chi connectivity index (χ0n) is 17.6. The highest BCUT2D eigenvalue weighted by atomic mass is 16.2. The molecule has 0 aliphatic carbocycles. The number of carbonyl (C=O) groups is 1. The number of carbonyl (C=O) groups excluding carboxylic acids is 1. The van der Waals surface area contributed by atoms with Gasteiger partial charge in [0.1, 0.15) is 5.69 Å². The highest BCUT2D eigenvalue weighted by Gasteiger charge is 2.20. The molecule has 0 N–H and O–H groups in total. The zero-order valence-corrected chi connectivity index (χ0v) is 17.6. The van der Waals surface area contributed by atoms with Crippen LogP contribution in [0.25, 0.3) is 0 Å². The third-order valence-electron chi connectivity index (χ3n) is 5.72. The van der Waals surface area contributed by atoms with Gasteiger partial charge in [-0.3, -0.25) is 4.79 Å². The van der Waals surface area contributed by atoms with Crippen LogP contribution in [0.3, 0.4) is 0 Å². The largest absolute Gasteiger partial charge is 0.368 e. The van der Waals surface area contributed by atoms with Crippen LogP contribution in [0.1, 0.15) is 41.4 Å². The van der Waals surface area contributed by atoms with Gasteiger partial charge in [-0.05, 0) is 49.6 Å². The Morgan fingerprint density at radius 1 is 1.07 bits per heavy atom. The second-order valence-electron chi connectivity index (χ2n) is 7.68. The third-order valence-corrected chi connectivity index (χ3v) is 5.72. The van der Waals surface area contributed by atoms with E-state index < -0.39 is 0 Å². The van der Waals surface area contributed by atoms with Crippen molar-refractivity contribution in [3.05, 3.63) is 53.3 Å². The van der Waals surface area contributed by atoms with Crippen molar-refractivity contribution in [2.24, 2.45) is 0 Å². The van der Waals surface area contributed by atoms with E-state index in [2.05, 4.69) is 53.8 Å². The molecule has 0 spiro atoms. The number of unbranched alkanes of at least 4 members (excludes halogenated alkanes) is 1. The molecule has 0 saturated carbocycles. The first-order chi connectivity index (χ1) is 13.5. The van der Waals surface area contributed by atoms with Gasteiger partial charge < -0.3 is 14.7 Å². The van der Waals surface area contributed by atoms with Crippen molar-refractivity contribution in [2.75, 3.05) is 49.6 Å². The van der Waals surface area contributed by atoms with E-state index in [0.717, 1.165) is 51.3 Å². The minimum Gasteiger partial charge on any atom is -0.368 e. The number of hydrogen-bond acceptors (Lipinski definition) is 4. The maximum atomic E-state index is 12.4. The van der Waals surface area contributed by atoms with Crippen molar-refractivity contribution in [3.8, 4) is 0 Å². The van der Waals surface area contributed by atoms with Crippen molar-refractivity contribution in [2.45, 2.75) is 33.6 Å². The van der Waals surface area contributed by atoms with Gasteiger partial charge in [0.25, 0.3) is 5.91 Å². The molecule has 0 bridgehead atoms. The van der Waals surface area contributed by atoms with Gasteiger partial charge in [-0.25, -0.2) is 4.98 Å². The van der Waals surface area contributed by atoms with Gasteiger partial charge in [-0.2, -0.15) is 0 Å². The van der Waals surface area contributed by atoms with Gasteiger partial charge in [-0.1, -0.05) is 25.5 Å². The van der Waals surface area contributed by atoms with Gasteiger partial charge in [-0.15, -0.1) is 0 Å². The predicted octanol–water partition coefficient (Wildman–Crippen LogP) is 3.90. The molecule has 1 aromatic heterocycles. The van der Waals surface area contributed by atoms with Crippen LogP contribution < -0.4 is 9.80 Å². The van der Waals surface area contributed by atoms with Gasteiger partial charge in [0.15, 0.2) is 0 Å². The van der Waals surface area contributed by atoms with E-state index in [1.54, 1.807) is 4.90 Å². The summed E-state index contributed by atoms with van der Waals surface area (Å²) in [5.41, 5.74) is 5.67. The Balaban J connectivity index is 1.60. The Morgan fingerprint density at radius 2 is 1.79 bits per heavy atom. The molecule has 3 rings (SSSR count). The number of aryl methyl sites for hydroxylation is 1. The standard InChI is InChI=1S/C23H32N4O/c1-5-6-12-25(4)23(28)21-11-10-20(17-24-21)26-13-15-27(16-14-26)22-9-7-8-18(2)19(22)3/h7-11,17H,5-6,12-16H2,1-4H3. The fourth-order valence-electron chi connectivity index (χ4n) is 3.68. The summed E-state index contributed by atoms with van der Waals surface area (Å²) < 4.78 is 0.